The van der Waals surface area contributed by atoms with Gasteiger partial charge in [-0.25, -0.2) is 4.98 Å². The molecule has 0 bridgehead atoms. The van der Waals surface area contributed by atoms with Crippen molar-refractivity contribution >= 4 is 17.3 Å². The third kappa shape index (κ3) is 2.74. The molecule has 1 aromatic carbocycles. The highest BCUT2D eigenvalue weighted by Gasteiger charge is 2.20. The Labute approximate surface area is 124 Å². The molecule has 21 heavy (non-hydrogen) atoms. The number of nitrogen functional groups attached to an aromatic ring is 1. The third-order valence-corrected chi connectivity index (χ3v) is 3.92. The molecule has 0 amide bonds. The summed E-state index contributed by atoms with van der Waals surface area (Å²) in [7, 11) is 0. The summed E-state index contributed by atoms with van der Waals surface area (Å²) in [5.41, 5.74) is 9.80. The first-order valence-corrected chi connectivity index (χ1v) is 7.17. The molecule has 1 aliphatic heterocycles. The van der Waals surface area contributed by atoms with Gasteiger partial charge in [-0.15, -0.1) is 5.10 Å². The first kappa shape index (κ1) is 13.6. The van der Waals surface area contributed by atoms with Crippen LogP contribution in [0.4, 0.5) is 17.3 Å². The fourth-order valence-electron chi connectivity index (χ4n) is 2.50. The van der Waals surface area contributed by atoms with Crippen LogP contribution in [0.25, 0.3) is 0 Å². The Morgan fingerprint density at radius 1 is 0.905 bits per heavy atom. The van der Waals surface area contributed by atoms with Gasteiger partial charge in [-0.05, 0) is 26.0 Å². The Bertz CT molecular complexity index is 634. The number of hydrogen-bond acceptors (Lipinski definition) is 6. The van der Waals surface area contributed by atoms with Crippen LogP contribution in [0.3, 0.4) is 0 Å². The average Bonchev–Trinajstić information content (AvgIpc) is 2.51. The maximum atomic E-state index is 6.04. The van der Waals surface area contributed by atoms with E-state index < -0.39 is 0 Å². The lowest BCUT2D eigenvalue weighted by atomic mass is 10.2. The van der Waals surface area contributed by atoms with Gasteiger partial charge >= 0.3 is 0 Å². The van der Waals surface area contributed by atoms with Crippen molar-refractivity contribution in [2.24, 2.45) is 0 Å². The Hall–Kier alpha value is -2.37. The van der Waals surface area contributed by atoms with Gasteiger partial charge in [-0.1, -0.05) is 12.1 Å². The van der Waals surface area contributed by atoms with Crippen molar-refractivity contribution in [3.05, 3.63) is 35.7 Å². The smallest absolute Gasteiger partial charge is 0.245 e. The highest BCUT2D eigenvalue weighted by molar-refractivity contribution is 5.67. The summed E-state index contributed by atoms with van der Waals surface area (Å²) in [5, 5.41) is 8.36. The number of piperazine rings is 1. The zero-order valence-corrected chi connectivity index (χ0v) is 12.5. The van der Waals surface area contributed by atoms with E-state index >= 15 is 0 Å². The lowest BCUT2D eigenvalue weighted by Crippen LogP contribution is -2.47. The van der Waals surface area contributed by atoms with Crippen LogP contribution in [-0.2, 0) is 0 Å². The molecule has 110 valence electrons. The molecule has 0 aliphatic carbocycles. The largest absolute Gasteiger partial charge is 0.397 e. The van der Waals surface area contributed by atoms with Crippen molar-refractivity contribution in [3.63, 3.8) is 0 Å². The highest BCUT2D eigenvalue weighted by atomic mass is 15.4. The number of rotatable bonds is 2. The van der Waals surface area contributed by atoms with Gasteiger partial charge in [0.2, 0.25) is 5.95 Å². The molecule has 1 aliphatic rings. The van der Waals surface area contributed by atoms with Gasteiger partial charge in [-0.2, -0.15) is 5.10 Å². The topological polar surface area (TPSA) is 71.2 Å². The minimum atomic E-state index is 0.721. The number of anilines is 3. The summed E-state index contributed by atoms with van der Waals surface area (Å²) >= 11 is 0. The van der Waals surface area contributed by atoms with Crippen LogP contribution in [0.15, 0.2) is 24.3 Å². The Kier molecular flexibility index (Phi) is 3.60. The third-order valence-electron chi connectivity index (χ3n) is 3.92. The Balaban J connectivity index is 1.70. The van der Waals surface area contributed by atoms with Gasteiger partial charge in [0.15, 0.2) is 0 Å². The van der Waals surface area contributed by atoms with Gasteiger partial charge in [0.05, 0.1) is 22.8 Å². The van der Waals surface area contributed by atoms with E-state index in [2.05, 4.69) is 31.0 Å². The molecule has 0 unspecified atom stereocenters. The number of aromatic nitrogens is 3. The van der Waals surface area contributed by atoms with Gasteiger partial charge in [-0.3, -0.25) is 0 Å². The number of nitrogens with two attached hydrogens (primary N) is 1. The number of nitrogens with zero attached hydrogens (tertiary/aromatic N) is 5. The van der Waals surface area contributed by atoms with Crippen LogP contribution in [0, 0.1) is 13.8 Å². The van der Waals surface area contributed by atoms with Crippen LogP contribution in [0.1, 0.15) is 11.4 Å². The van der Waals surface area contributed by atoms with E-state index in [0.717, 1.165) is 54.9 Å². The lowest BCUT2D eigenvalue weighted by molar-refractivity contribution is 0.632. The Morgan fingerprint density at radius 2 is 1.57 bits per heavy atom. The van der Waals surface area contributed by atoms with E-state index in [1.807, 2.05) is 32.0 Å². The summed E-state index contributed by atoms with van der Waals surface area (Å²) in [6, 6.07) is 8.00. The maximum absolute atomic E-state index is 6.04. The van der Waals surface area contributed by atoms with E-state index in [0.29, 0.717) is 0 Å². The molecule has 0 spiro atoms. The van der Waals surface area contributed by atoms with Crippen molar-refractivity contribution in [2.45, 2.75) is 13.8 Å². The number of para-hydroxylation sites is 2. The zero-order valence-electron chi connectivity index (χ0n) is 12.5. The first-order valence-electron chi connectivity index (χ1n) is 7.17. The van der Waals surface area contributed by atoms with E-state index in [1.54, 1.807) is 0 Å². The lowest BCUT2D eigenvalue weighted by Gasteiger charge is -2.36. The molecule has 1 saturated heterocycles. The fourth-order valence-corrected chi connectivity index (χ4v) is 2.50. The normalized spacial score (nSPS) is 15.3. The monoisotopic (exact) mass is 284 g/mol. The van der Waals surface area contributed by atoms with Crippen LogP contribution in [0.5, 0.6) is 0 Å². The molecule has 6 nitrogen and oxygen atoms in total. The molecular weight excluding hydrogens is 264 g/mol. The molecular formula is C15H20N6. The van der Waals surface area contributed by atoms with Gasteiger partial charge < -0.3 is 15.5 Å². The highest BCUT2D eigenvalue weighted by Crippen LogP contribution is 2.24. The quantitative estimate of drug-likeness (QED) is 0.841. The van der Waals surface area contributed by atoms with E-state index in [1.165, 1.54) is 0 Å². The van der Waals surface area contributed by atoms with Crippen molar-refractivity contribution in [2.75, 3.05) is 41.7 Å². The first-order chi connectivity index (χ1) is 10.1. The van der Waals surface area contributed by atoms with Crippen molar-refractivity contribution < 1.29 is 0 Å². The Morgan fingerprint density at radius 3 is 2.24 bits per heavy atom. The zero-order chi connectivity index (χ0) is 14.8. The number of aryl methyl sites for hydroxylation is 2. The molecule has 1 fully saturated rings. The van der Waals surface area contributed by atoms with E-state index in [-0.39, 0.29) is 0 Å². The van der Waals surface area contributed by atoms with E-state index in [4.69, 9.17) is 5.73 Å². The van der Waals surface area contributed by atoms with Crippen molar-refractivity contribution in [3.8, 4) is 0 Å². The van der Waals surface area contributed by atoms with Crippen LogP contribution < -0.4 is 15.5 Å². The van der Waals surface area contributed by atoms with Crippen molar-refractivity contribution in [1.82, 2.24) is 15.2 Å². The number of benzene rings is 1. The molecule has 2 N–H and O–H groups in total. The van der Waals surface area contributed by atoms with Crippen molar-refractivity contribution in [1.29, 1.82) is 0 Å². The molecule has 0 saturated carbocycles. The second-order valence-corrected chi connectivity index (χ2v) is 5.32. The predicted molar refractivity (Wildman–Crippen MR) is 84.6 cm³/mol. The second-order valence-electron chi connectivity index (χ2n) is 5.32. The standard InChI is InChI=1S/C15H20N6/c1-11-12(2)18-19-15(17-11)21-9-7-20(8-10-21)14-6-4-3-5-13(14)16/h3-6H,7-10,16H2,1-2H3. The molecule has 2 aromatic rings. The number of hydrogen-bond donors (Lipinski definition) is 1. The summed E-state index contributed by atoms with van der Waals surface area (Å²) in [5.74, 6) is 0.721. The molecule has 2 heterocycles. The summed E-state index contributed by atoms with van der Waals surface area (Å²) in [6.45, 7) is 7.45. The molecule has 6 heteroatoms. The maximum Gasteiger partial charge on any atom is 0.245 e. The molecule has 1 aromatic heterocycles. The average molecular weight is 284 g/mol. The fraction of sp³-hybridized carbons (Fsp3) is 0.400. The minimum Gasteiger partial charge on any atom is -0.397 e. The van der Waals surface area contributed by atoms with Gasteiger partial charge in [0.25, 0.3) is 0 Å². The second kappa shape index (κ2) is 5.55. The molecule has 0 atom stereocenters. The van der Waals surface area contributed by atoms with Gasteiger partial charge in [0.1, 0.15) is 0 Å². The molecule has 0 radical (unpaired) electrons. The van der Waals surface area contributed by atoms with Crippen LogP contribution in [0.2, 0.25) is 0 Å². The molecule has 3 rings (SSSR count). The summed E-state index contributed by atoms with van der Waals surface area (Å²) < 4.78 is 0. The summed E-state index contributed by atoms with van der Waals surface area (Å²) in [4.78, 5) is 9.00. The predicted octanol–water partition coefficient (Wildman–Crippen LogP) is 1.40. The van der Waals surface area contributed by atoms with Crippen LogP contribution >= 0.6 is 0 Å². The van der Waals surface area contributed by atoms with Gasteiger partial charge in [0, 0.05) is 26.2 Å². The minimum absolute atomic E-state index is 0.721. The summed E-state index contributed by atoms with van der Waals surface area (Å²) in [6.07, 6.45) is 0. The van der Waals surface area contributed by atoms with E-state index in [9.17, 15) is 0 Å². The SMILES string of the molecule is Cc1nnc(N2CCN(c3ccccc3N)CC2)nc1C. The van der Waals surface area contributed by atoms with Crippen LogP contribution in [-0.4, -0.2) is 41.4 Å².